The van der Waals surface area contributed by atoms with Gasteiger partial charge in [-0.2, -0.15) is 0 Å². The number of fused-ring (bicyclic) bond motifs is 1. The minimum atomic E-state index is 0.0179. The van der Waals surface area contributed by atoms with E-state index in [2.05, 4.69) is 5.32 Å². The molecule has 0 unspecified atom stereocenters. The Morgan fingerprint density at radius 3 is 2.85 bits per heavy atom. The first-order chi connectivity index (χ1) is 6.24. The molecular formula is C11H11NO. The molecule has 0 atom stereocenters. The van der Waals surface area contributed by atoms with E-state index in [4.69, 9.17) is 0 Å². The van der Waals surface area contributed by atoms with Gasteiger partial charge in [0.25, 0.3) is 5.91 Å². The van der Waals surface area contributed by atoms with Crippen LogP contribution in [0, 0.1) is 0 Å². The summed E-state index contributed by atoms with van der Waals surface area (Å²) in [6.45, 7) is 3.83. The van der Waals surface area contributed by atoms with Gasteiger partial charge in [0.05, 0.1) is 0 Å². The highest BCUT2D eigenvalue weighted by Crippen LogP contribution is 2.08. The predicted molar refractivity (Wildman–Crippen MR) is 53.5 cm³/mol. The maximum Gasteiger partial charge on any atom is 0.252 e. The van der Waals surface area contributed by atoms with Crippen LogP contribution in [0.3, 0.4) is 0 Å². The topological polar surface area (TPSA) is 29.1 Å². The van der Waals surface area contributed by atoms with Gasteiger partial charge < -0.3 is 5.32 Å². The first kappa shape index (κ1) is 8.05. The molecule has 1 N–H and O–H groups in total. The van der Waals surface area contributed by atoms with E-state index >= 15 is 0 Å². The van der Waals surface area contributed by atoms with Gasteiger partial charge in [0, 0.05) is 16.5 Å². The van der Waals surface area contributed by atoms with E-state index in [1.54, 1.807) is 0 Å². The molecule has 2 nitrogen and oxygen atoms in total. The Labute approximate surface area is 76.6 Å². The Morgan fingerprint density at radius 2 is 2.15 bits per heavy atom. The Morgan fingerprint density at radius 1 is 1.38 bits per heavy atom. The maximum atomic E-state index is 11.3. The van der Waals surface area contributed by atoms with Crippen molar-refractivity contribution in [3.8, 4) is 0 Å². The molecule has 2 rings (SSSR count). The Balaban J connectivity index is 2.97. The Kier molecular flexibility index (Phi) is 1.69. The molecule has 2 heteroatoms. The molecule has 0 bridgehead atoms. The van der Waals surface area contributed by atoms with Gasteiger partial charge >= 0.3 is 0 Å². The van der Waals surface area contributed by atoms with Crippen LogP contribution in [0.15, 0.2) is 18.2 Å². The van der Waals surface area contributed by atoms with Gasteiger partial charge in [-0.05, 0) is 25.1 Å². The standard InChI is InChI=1S/C11H11NO/c1-3-8-5-4-6-9-10(8)7(2)11(13)12-9/h3-6H,1-2H3,(H,12,13)/b8-3-. The molecule has 0 fully saturated rings. The minimum Gasteiger partial charge on any atom is -0.322 e. The second-order valence-corrected chi connectivity index (χ2v) is 3.14. The molecule has 13 heavy (non-hydrogen) atoms. The number of hydrogen-bond acceptors (Lipinski definition) is 1. The van der Waals surface area contributed by atoms with E-state index in [1.165, 1.54) is 0 Å². The SMILES string of the molecule is C/C=c1/cccc2c1=C(C)C(=O)N2. The molecule has 66 valence electrons. The summed E-state index contributed by atoms with van der Waals surface area (Å²) in [6.07, 6.45) is 2.02. The molecule has 0 aliphatic carbocycles. The van der Waals surface area contributed by atoms with Crippen LogP contribution in [0.4, 0.5) is 5.69 Å². The zero-order valence-electron chi connectivity index (χ0n) is 7.72. The van der Waals surface area contributed by atoms with E-state index in [0.29, 0.717) is 0 Å². The van der Waals surface area contributed by atoms with Crippen LogP contribution in [0.5, 0.6) is 0 Å². The maximum absolute atomic E-state index is 11.3. The molecule has 1 heterocycles. The third-order valence-electron chi connectivity index (χ3n) is 2.37. The van der Waals surface area contributed by atoms with Crippen molar-refractivity contribution in [3.05, 3.63) is 28.6 Å². The molecule has 0 radical (unpaired) electrons. The number of carbonyl (C=O) groups is 1. The third kappa shape index (κ3) is 1.06. The molecule has 1 aromatic rings. The van der Waals surface area contributed by atoms with Gasteiger partial charge in [0.15, 0.2) is 0 Å². The Hall–Kier alpha value is -1.57. The van der Waals surface area contributed by atoms with Crippen LogP contribution in [-0.4, -0.2) is 5.91 Å². The van der Waals surface area contributed by atoms with Crippen molar-refractivity contribution in [2.24, 2.45) is 0 Å². The molecule has 1 amide bonds. The highest BCUT2D eigenvalue weighted by molar-refractivity contribution is 6.23. The molecule has 0 saturated carbocycles. The summed E-state index contributed by atoms with van der Waals surface area (Å²) in [5, 5.41) is 5.00. The van der Waals surface area contributed by atoms with Gasteiger partial charge in [-0.25, -0.2) is 0 Å². The average molecular weight is 173 g/mol. The summed E-state index contributed by atoms with van der Waals surface area (Å²) in [7, 11) is 0. The van der Waals surface area contributed by atoms with Crippen molar-refractivity contribution < 1.29 is 4.79 Å². The van der Waals surface area contributed by atoms with Gasteiger partial charge in [-0.15, -0.1) is 0 Å². The second-order valence-electron chi connectivity index (χ2n) is 3.14. The van der Waals surface area contributed by atoms with E-state index in [-0.39, 0.29) is 5.91 Å². The van der Waals surface area contributed by atoms with Crippen molar-refractivity contribution >= 4 is 23.2 Å². The lowest BCUT2D eigenvalue weighted by Gasteiger charge is -1.94. The number of anilines is 1. The second kappa shape index (κ2) is 2.73. The number of hydrogen-bond donors (Lipinski definition) is 1. The van der Waals surface area contributed by atoms with Crippen molar-refractivity contribution in [1.82, 2.24) is 0 Å². The summed E-state index contributed by atoms with van der Waals surface area (Å²) in [6, 6.07) is 5.90. The van der Waals surface area contributed by atoms with Gasteiger partial charge in [-0.1, -0.05) is 18.2 Å². The van der Waals surface area contributed by atoms with E-state index in [9.17, 15) is 4.79 Å². The molecule has 0 spiro atoms. The zero-order valence-corrected chi connectivity index (χ0v) is 7.72. The normalized spacial score (nSPS) is 16.0. The summed E-state index contributed by atoms with van der Waals surface area (Å²) in [5.41, 5.74) is 1.74. The van der Waals surface area contributed by atoms with Crippen LogP contribution in [0.2, 0.25) is 0 Å². The largest absolute Gasteiger partial charge is 0.322 e. The number of nitrogens with one attached hydrogen (secondary N) is 1. The van der Waals surface area contributed by atoms with Gasteiger partial charge in [0.2, 0.25) is 0 Å². The summed E-state index contributed by atoms with van der Waals surface area (Å²) in [4.78, 5) is 11.3. The average Bonchev–Trinajstić information content (AvgIpc) is 2.43. The fourth-order valence-corrected chi connectivity index (χ4v) is 1.66. The smallest absolute Gasteiger partial charge is 0.252 e. The number of benzene rings is 1. The van der Waals surface area contributed by atoms with E-state index in [0.717, 1.165) is 21.7 Å². The van der Waals surface area contributed by atoms with Crippen LogP contribution >= 0.6 is 0 Å². The minimum absolute atomic E-state index is 0.0179. The summed E-state index contributed by atoms with van der Waals surface area (Å²) >= 11 is 0. The highest BCUT2D eigenvalue weighted by atomic mass is 16.1. The molecule has 1 aromatic carbocycles. The number of rotatable bonds is 0. The zero-order chi connectivity index (χ0) is 9.42. The fraction of sp³-hybridized carbons (Fsp3) is 0.182. The van der Waals surface area contributed by atoms with E-state index in [1.807, 2.05) is 38.1 Å². The number of carbonyl (C=O) groups excluding carboxylic acids is 1. The van der Waals surface area contributed by atoms with Gasteiger partial charge in [0.1, 0.15) is 0 Å². The molecule has 0 saturated heterocycles. The summed E-state index contributed by atoms with van der Waals surface area (Å²) in [5.74, 6) is 0.0179. The lowest BCUT2D eigenvalue weighted by atomic mass is 10.1. The monoisotopic (exact) mass is 173 g/mol. The highest BCUT2D eigenvalue weighted by Gasteiger charge is 2.15. The third-order valence-corrected chi connectivity index (χ3v) is 2.37. The van der Waals surface area contributed by atoms with Crippen LogP contribution in [0.1, 0.15) is 13.8 Å². The lowest BCUT2D eigenvalue weighted by molar-refractivity contribution is -0.111. The summed E-state index contributed by atoms with van der Waals surface area (Å²) < 4.78 is 0. The van der Waals surface area contributed by atoms with Gasteiger partial charge in [-0.3, -0.25) is 4.79 Å². The molecular weight excluding hydrogens is 162 g/mol. The molecule has 0 aromatic heterocycles. The van der Waals surface area contributed by atoms with Crippen molar-refractivity contribution in [3.63, 3.8) is 0 Å². The Bertz CT molecular complexity index is 485. The molecule has 1 aliphatic heterocycles. The first-order valence-electron chi connectivity index (χ1n) is 4.31. The number of amides is 1. The lowest BCUT2D eigenvalue weighted by Crippen LogP contribution is -2.24. The molecule has 1 aliphatic rings. The van der Waals surface area contributed by atoms with Crippen molar-refractivity contribution in [2.45, 2.75) is 13.8 Å². The van der Waals surface area contributed by atoms with Crippen molar-refractivity contribution in [2.75, 3.05) is 5.32 Å². The fourth-order valence-electron chi connectivity index (χ4n) is 1.66. The predicted octanol–water partition coefficient (Wildman–Crippen LogP) is 0.610. The van der Waals surface area contributed by atoms with Crippen LogP contribution in [0.25, 0.3) is 11.6 Å². The first-order valence-corrected chi connectivity index (χ1v) is 4.31. The van der Waals surface area contributed by atoms with Crippen LogP contribution in [-0.2, 0) is 4.79 Å². The van der Waals surface area contributed by atoms with E-state index < -0.39 is 0 Å². The van der Waals surface area contributed by atoms with Crippen molar-refractivity contribution in [1.29, 1.82) is 0 Å². The quantitative estimate of drug-likeness (QED) is 0.612. The van der Waals surface area contributed by atoms with Crippen LogP contribution < -0.4 is 15.8 Å².